The molecule has 1 spiro atoms. The summed E-state index contributed by atoms with van der Waals surface area (Å²) in [6, 6.07) is 2.43. The molecule has 16 heteroatoms. The zero-order valence-electron chi connectivity index (χ0n) is 18.6. The molecule has 1 saturated heterocycles. The summed E-state index contributed by atoms with van der Waals surface area (Å²) in [4.78, 5) is 36.5. The molecule has 6 N–H and O–H groups in total. The normalized spacial score (nSPS) is 22.2. The van der Waals surface area contributed by atoms with Crippen molar-refractivity contribution in [2.45, 2.75) is 35.4 Å². The van der Waals surface area contributed by atoms with Gasteiger partial charge in [-0.3, -0.25) is 9.59 Å². The third kappa shape index (κ3) is 5.90. The third-order valence-corrected chi connectivity index (χ3v) is 8.12. The van der Waals surface area contributed by atoms with Crippen LogP contribution in [0.5, 0.6) is 0 Å². The zero-order valence-corrected chi connectivity index (χ0v) is 21.0. The van der Waals surface area contributed by atoms with Gasteiger partial charge in [-0.2, -0.15) is 4.72 Å². The van der Waals surface area contributed by atoms with E-state index in [0.29, 0.717) is 25.5 Å². The van der Waals surface area contributed by atoms with Crippen molar-refractivity contribution in [2.75, 3.05) is 25.0 Å². The SMILES string of the molecule is O=C(NC[C@H](NS(=O)(=O)c1c(Cl)cccc1Cl)C(=O)O)C1=NOC2(CNC(CNc3ncc[nH]3)C2)C1. The number of rotatable bonds is 10. The molecule has 0 bridgehead atoms. The van der Waals surface area contributed by atoms with Gasteiger partial charge in [0.1, 0.15) is 16.6 Å². The lowest BCUT2D eigenvalue weighted by molar-refractivity contribution is -0.138. The molecule has 1 amide bonds. The summed E-state index contributed by atoms with van der Waals surface area (Å²) in [5, 5.41) is 21.9. The number of aromatic amines is 1. The van der Waals surface area contributed by atoms with Crippen LogP contribution in [-0.2, 0) is 24.4 Å². The van der Waals surface area contributed by atoms with E-state index in [-0.39, 0.29) is 28.2 Å². The number of nitrogens with one attached hydrogen (secondary N) is 5. The van der Waals surface area contributed by atoms with Crippen LogP contribution in [0.4, 0.5) is 5.95 Å². The van der Waals surface area contributed by atoms with Gasteiger partial charge in [-0.25, -0.2) is 13.4 Å². The number of halogens is 2. The summed E-state index contributed by atoms with van der Waals surface area (Å²) in [6.45, 7) is 0.499. The minimum Gasteiger partial charge on any atom is -0.480 e. The third-order valence-electron chi connectivity index (χ3n) is 5.70. The zero-order chi connectivity index (χ0) is 25.9. The van der Waals surface area contributed by atoms with Crippen molar-refractivity contribution in [2.24, 2.45) is 5.16 Å². The van der Waals surface area contributed by atoms with Gasteiger partial charge in [-0.15, -0.1) is 0 Å². The molecule has 1 fully saturated rings. The second-order valence-electron chi connectivity index (χ2n) is 8.36. The van der Waals surface area contributed by atoms with E-state index >= 15 is 0 Å². The van der Waals surface area contributed by atoms with E-state index in [0.717, 1.165) is 0 Å². The lowest BCUT2D eigenvalue weighted by Crippen LogP contribution is -2.49. The Labute approximate surface area is 216 Å². The van der Waals surface area contributed by atoms with Crippen molar-refractivity contribution in [1.82, 2.24) is 25.3 Å². The van der Waals surface area contributed by atoms with Crippen molar-refractivity contribution in [1.29, 1.82) is 0 Å². The van der Waals surface area contributed by atoms with Gasteiger partial charge in [0.25, 0.3) is 5.91 Å². The van der Waals surface area contributed by atoms with Crippen molar-refractivity contribution in [3.8, 4) is 0 Å². The molecule has 0 radical (unpaired) electrons. The highest BCUT2D eigenvalue weighted by atomic mass is 35.5. The van der Waals surface area contributed by atoms with Crippen LogP contribution in [0.2, 0.25) is 10.0 Å². The maximum absolute atomic E-state index is 12.7. The highest BCUT2D eigenvalue weighted by Crippen LogP contribution is 2.33. The van der Waals surface area contributed by atoms with Crippen LogP contribution in [-0.4, -0.2) is 78.4 Å². The maximum atomic E-state index is 12.7. The quantitative estimate of drug-likeness (QED) is 0.241. The molecule has 36 heavy (non-hydrogen) atoms. The van der Waals surface area contributed by atoms with Gasteiger partial charge in [0.15, 0.2) is 11.5 Å². The molecular formula is C20H23Cl2N7O6S. The molecule has 0 aliphatic carbocycles. The van der Waals surface area contributed by atoms with Crippen molar-refractivity contribution in [3.63, 3.8) is 0 Å². The minimum atomic E-state index is -4.40. The fourth-order valence-electron chi connectivity index (χ4n) is 3.96. The molecule has 4 rings (SSSR count). The van der Waals surface area contributed by atoms with E-state index in [2.05, 4.69) is 31.1 Å². The molecule has 13 nitrogen and oxygen atoms in total. The Morgan fingerprint density at radius 2 is 2.06 bits per heavy atom. The number of carboxylic acids is 1. The summed E-state index contributed by atoms with van der Waals surface area (Å²) in [5.74, 6) is -1.53. The van der Waals surface area contributed by atoms with E-state index in [1.807, 2.05) is 4.72 Å². The number of H-pyrrole nitrogens is 1. The van der Waals surface area contributed by atoms with Crippen molar-refractivity contribution in [3.05, 3.63) is 40.6 Å². The predicted octanol–water partition coefficient (Wildman–Crippen LogP) is 0.553. The van der Waals surface area contributed by atoms with E-state index in [1.54, 1.807) is 12.4 Å². The van der Waals surface area contributed by atoms with Crippen molar-refractivity contribution < 1.29 is 28.0 Å². The molecule has 2 aliphatic heterocycles. The fraction of sp³-hybridized carbons (Fsp3) is 0.400. The highest BCUT2D eigenvalue weighted by Gasteiger charge is 2.47. The summed E-state index contributed by atoms with van der Waals surface area (Å²) >= 11 is 11.9. The Kier molecular flexibility index (Phi) is 7.70. The predicted molar refractivity (Wildman–Crippen MR) is 131 cm³/mol. The monoisotopic (exact) mass is 559 g/mol. The molecule has 2 aromatic rings. The Hall–Kier alpha value is -2.91. The number of hydrogen-bond donors (Lipinski definition) is 6. The lowest BCUT2D eigenvalue weighted by Gasteiger charge is -2.19. The van der Waals surface area contributed by atoms with Gasteiger partial charge in [0.2, 0.25) is 10.0 Å². The molecular weight excluding hydrogens is 537 g/mol. The van der Waals surface area contributed by atoms with Gasteiger partial charge < -0.3 is 30.9 Å². The van der Waals surface area contributed by atoms with E-state index < -0.39 is 45.0 Å². The number of aromatic nitrogens is 2. The van der Waals surface area contributed by atoms with E-state index in [1.165, 1.54) is 18.2 Å². The van der Waals surface area contributed by atoms with Gasteiger partial charge in [0.05, 0.1) is 10.0 Å². The van der Waals surface area contributed by atoms with Crippen molar-refractivity contribution >= 4 is 56.8 Å². The Morgan fingerprint density at radius 3 is 2.72 bits per heavy atom. The van der Waals surface area contributed by atoms with Gasteiger partial charge in [0, 0.05) is 50.9 Å². The number of aliphatic carboxylic acids is 1. The first-order valence-corrected chi connectivity index (χ1v) is 13.0. The smallest absolute Gasteiger partial charge is 0.323 e. The summed E-state index contributed by atoms with van der Waals surface area (Å²) < 4.78 is 27.4. The molecule has 1 aromatic carbocycles. The second kappa shape index (κ2) is 10.6. The largest absolute Gasteiger partial charge is 0.480 e. The molecule has 3 atom stereocenters. The summed E-state index contributed by atoms with van der Waals surface area (Å²) in [6.07, 6.45) is 4.13. The molecule has 2 aliphatic rings. The first-order valence-electron chi connectivity index (χ1n) is 10.8. The number of nitrogens with zero attached hydrogens (tertiary/aromatic N) is 2. The molecule has 3 heterocycles. The number of oxime groups is 1. The summed E-state index contributed by atoms with van der Waals surface area (Å²) in [7, 11) is -4.40. The molecule has 1 aromatic heterocycles. The Morgan fingerprint density at radius 1 is 1.31 bits per heavy atom. The maximum Gasteiger partial charge on any atom is 0.323 e. The fourth-order valence-corrected chi connectivity index (χ4v) is 6.29. The number of hydrogen-bond acceptors (Lipinski definition) is 9. The number of benzene rings is 1. The topological polar surface area (TPSA) is 187 Å². The molecule has 194 valence electrons. The molecule has 2 unspecified atom stereocenters. The lowest BCUT2D eigenvalue weighted by atomic mass is 9.94. The number of imidazole rings is 1. The van der Waals surface area contributed by atoms with Gasteiger partial charge in [-0.05, 0) is 12.1 Å². The van der Waals surface area contributed by atoms with Gasteiger partial charge in [-0.1, -0.05) is 34.4 Å². The van der Waals surface area contributed by atoms with Crippen LogP contribution in [0, 0.1) is 0 Å². The number of carbonyl (C=O) groups is 2. The first kappa shape index (κ1) is 26.2. The van der Waals surface area contributed by atoms with Crippen LogP contribution in [0.15, 0.2) is 40.6 Å². The number of anilines is 1. The minimum absolute atomic E-state index is 0.0511. The van der Waals surface area contributed by atoms with Crippen LogP contribution < -0.4 is 20.7 Å². The van der Waals surface area contributed by atoms with Crippen LogP contribution in [0.3, 0.4) is 0 Å². The van der Waals surface area contributed by atoms with Crippen LogP contribution in [0.1, 0.15) is 12.8 Å². The van der Waals surface area contributed by atoms with Crippen LogP contribution in [0.25, 0.3) is 0 Å². The first-order chi connectivity index (χ1) is 17.1. The molecule has 0 saturated carbocycles. The number of amides is 1. The summed E-state index contributed by atoms with van der Waals surface area (Å²) in [5.41, 5.74) is -0.617. The number of sulfonamides is 1. The van der Waals surface area contributed by atoms with E-state index in [9.17, 15) is 23.1 Å². The van der Waals surface area contributed by atoms with E-state index in [4.69, 9.17) is 28.0 Å². The van der Waals surface area contributed by atoms with Crippen LogP contribution >= 0.6 is 23.2 Å². The Bertz CT molecular complexity index is 1250. The number of carboxylic acid groups (broad SMARTS) is 1. The standard InChI is InChI=1S/C20H23Cl2N7O6S/c21-12-2-1-3-13(22)16(12)36(33,34)29-15(18(31)32)9-25-17(30)14-7-20(35-28-14)6-11(27-10-20)8-26-19-23-4-5-24-19/h1-5,11,15,27,29H,6-10H2,(H,25,30)(H,31,32)(H2,23,24,26)/t11?,15-,20?/m0/s1. The number of carbonyl (C=O) groups excluding carboxylic acids is 1. The van der Waals surface area contributed by atoms with Gasteiger partial charge >= 0.3 is 5.97 Å². The highest BCUT2D eigenvalue weighted by molar-refractivity contribution is 7.89. The Balaban J connectivity index is 1.31. The second-order valence-corrected chi connectivity index (χ2v) is 10.8. The average molecular weight is 560 g/mol. The average Bonchev–Trinajstić information content (AvgIpc) is 3.57.